The first-order valence-corrected chi connectivity index (χ1v) is 9.41. The average molecular weight is 399 g/mol. The van der Waals surface area contributed by atoms with Gasteiger partial charge in [-0.1, -0.05) is 23.7 Å². The molecular weight excluding hydrogens is 384 g/mol. The molecule has 2 aromatic heterocycles. The van der Waals surface area contributed by atoms with E-state index in [1.165, 1.54) is 0 Å². The number of nitrogens with one attached hydrogen (secondary N) is 1. The summed E-state index contributed by atoms with van der Waals surface area (Å²) in [6.45, 7) is 0. The van der Waals surface area contributed by atoms with Crippen molar-refractivity contribution in [1.29, 1.82) is 0 Å². The lowest BCUT2D eigenvalue weighted by Gasteiger charge is -1.95. The van der Waals surface area contributed by atoms with E-state index in [2.05, 4.69) is 20.2 Å². The Morgan fingerprint density at radius 3 is 2.66 bits per heavy atom. The van der Waals surface area contributed by atoms with E-state index in [1.54, 1.807) is 18.5 Å². The minimum Gasteiger partial charge on any atom is -0.494 e. The molecule has 1 aliphatic rings. The van der Waals surface area contributed by atoms with Gasteiger partial charge in [-0.2, -0.15) is 0 Å². The smallest absolute Gasteiger partial charge is 0.196 e. The third-order valence-corrected chi connectivity index (χ3v) is 5.03. The van der Waals surface area contributed by atoms with Crippen LogP contribution in [0.2, 0.25) is 5.02 Å². The molecule has 3 heterocycles. The lowest BCUT2D eigenvalue weighted by atomic mass is 10.1. The van der Waals surface area contributed by atoms with Crippen molar-refractivity contribution in [2.24, 2.45) is 10.2 Å². The molecule has 2 aromatic carbocycles. The summed E-state index contributed by atoms with van der Waals surface area (Å²) in [5.74, 6) is 0.108. The fourth-order valence-electron chi connectivity index (χ4n) is 3.36. The van der Waals surface area contributed by atoms with E-state index in [4.69, 9.17) is 11.6 Å². The van der Waals surface area contributed by atoms with Crippen LogP contribution in [0.25, 0.3) is 28.8 Å². The number of rotatable bonds is 3. The molecule has 5 nitrogen and oxygen atoms in total. The van der Waals surface area contributed by atoms with Gasteiger partial charge in [0.05, 0.1) is 11.4 Å². The highest BCUT2D eigenvalue weighted by molar-refractivity contribution is 6.31. The number of fused-ring (bicyclic) bond motifs is 2. The molecule has 0 bridgehead atoms. The molecule has 6 heteroatoms. The van der Waals surface area contributed by atoms with Crippen LogP contribution in [-0.2, 0) is 0 Å². The topological polar surface area (TPSA) is 73.6 Å². The number of H-pyrrole nitrogens is 1. The summed E-state index contributed by atoms with van der Waals surface area (Å²) in [7, 11) is 0. The molecular formula is C23H15ClN4O. The number of aromatic hydroxyl groups is 1. The Labute approximate surface area is 171 Å². The third-order valence-electron chi connectivity index (χ3n) is 4.79. The summed E-state index contributed by atoms with van der Waals surface area (Å²) in [6.07, 6.45) is 9.35. The zero-order valence-corrected chi connectivity index (χ0v) is 15.9. The lowest BCUT2D eigenvalue weighted by molar-refractivity contribution is 0.457. The summed E-state index contributed by atoms with van der Waals surface area (Å²) in [4.78, 5) is 6.99. The highest BCUT2D eigenvalue weighted by atomic mass is 35.5. The van der Waals surface area contributed by atoms with Crippen molar-refractivity contribution in [3.05, 3.63) is 93.6 Å². The predicted octanol–water partition coefficient (Wildman–Crippen LogP) is 4.67. The summed E-state index contributed by atoms with van der Waals surface area (Å²) >= 11 is 6.12. The number of hydrogen-bond acceptors (Lipinski definition) is 4. The first-order chi connectivity index (χ1) is 14.2. The fraction of sp³-hybridized carbons (Fsp3) is 0. The van der Waals surface area contributed by atoms with Crippen LogP contribution >= 0.6 is 11.6 Å². The minimum absolute atomic E-state index is 0.108. The van der Waals surface area contributed by atoms with Gasteiger partial charge in [0.15, 0.2) is 5.88 Å². The second-order valence-corrected chi connectivity index (χ2v) is 7.13. The molecule has 29 heavy (non-hydrogen) atoms. The van der Waals surface area contributed by atoms with Gasteiger partial charge in [0.1, 0.15) is 0 Å². The Balaban J connectivity index is 1.57. The highest BCUT2D eigenvalue weighted by Gasteiger charge is 2.10. The van der Waals surface area contributed by atoms with Gasteiger partial charge >= 0.3 is 0 Å². The van der Waals surface area contributed by atoms with E-state index in [0.717, 1.165) is 38.3 Å². The third kappa shape index (κ3) is 3.32. The normalized spacial score (nSPS) is 13.7. The highest BCUT2D eigenvalue weighted by Crippen LogP contribution is 2.30. The molecule has 0 radical (unpaired) electrons. The molecule has 0 aliphatic carbocycles. The van der Waals surface area contributed by atoms with Crippen LogP contribution in [0, 0.1) is 0 Å². The molecule has 5 rings (SSSR count). The zero-order valence-electron chi connectivity index (χ0n) is 15.2. The van der Waals surface area contributed by atoms with Crippen molar-refractivity contribution < 1.29 is 5.11 Å². The Morgan fingerprint density at radius 1 is 0.931 bits per heavy atom. The number of halogens is 1. The van der Waals surface area contributed by atoms with Gasteiger partial charge < -0.3 is 10.1 Å². The molecule has 0 saturated carbocycles. The van der Waals surface area contributed by atoms with Crippen molar-refractivity contribution >= 4 is 46.0 Å². The van der Waals surface area contributed by atoms with Crippen molar-refractivity contribution in [2.75, 3.05) is 0 Å². The number of nitrogens with zero attached hydrogens (tertiary/aromatic N) is 3. The van der Waals surface area contributed by atoms with Crippen LogP contribution in [0.15, 0.2) is 77.2 Å². The van der Waals surface area contributed by atoms with Gasteiger partial charge in [-0.25, -0.2) is 0 Å². The molecule has 0 fully saturated rings. The number of aromatic nitrogens is 2. The van der Waals surface area contributed by atoms with E-state index in [0.29, 0.717) is 10.6 Å². The van der Waals surface area contributed by atoms with Gasteiger partial charge in [0.25, 0.3) is 0 Å². The maximum atomic E-state index is 10.3. The molecule has 140 valence electrons. The molecule has 0 saturated heterocycles. The van der Waals surface area contributed by atoms with Crippen LogP contribution in [-0.4, -0.2) is 15.1 Å². The molecule has 0 atom stereocenters. The Hall–Kier alpha value is -3.70. The van der Waals surface area contributed by atoms with Crippen LogP contribution < -0.4 is 10.4 Å². The van der Waals surface area contributed by atoms with Crippen LogP contribution in [0.5, 0.6) is 5.88 Å². The second-order valence-electron chi connectivity index (χ2n) is 6.70. The molecule has 0 amide bonds. The molecule has 4 aromatic rings. The summed E-state index contributed by atoms with van der Waals surface area (Å²) in [6, 6.07) is 15.3. The number of azo groups is 1. The van der Waals surface area contributed by atoms with Gasteiger partial charge in [0, 0.05) is 39.1 Å². The van der Waals surface area contributed by atoms with Crippen LogP contribution in [0.1, 0.15) is 11.1 Å². The SMILES string of the molecule is Oc1[nH]c2ccc(Cl)cc2c1/C=c1\ccc2c(c1)N=NC=2/C=C/c1ccncc1. The predicted molar refractivity (Wildman–Crippen MR) is 115 cm³/mol. The van der Waals surface area contributed by atoms with Gasteiger partial charge in [-0.15, -0.1) is 10.2 Å². The summed E-state index contributed by atoms with van der Waals surface area (Å²) in [5.41, 5.74) is 4.18. The van der Waals surface area contributed by atoms with E-state index in [-0.39, 0.29) is 5.88 Å². The first kappa shape index (κ1) is 17.4. The standard InChI is InChI=1S/C23H15ClN4O/c24-16-3-6-20-18(13-16)19(23(29)26-20)11-15-1-4-17-21(27-28-22(17)12-15)5-2-14-7-9-25-10-8-14/h1-13,26,29H/b5-2+,15-11+. The Kier molecular flexibility index (Phi) is 4.22. The Morgan fingerprint density at radius 2 is 1.79 bits per heavy atom. The monoisotopic (exact) mass is 398 g/mol. The van der Waals surface area contributed by atoms with Crippen LogP contribution in [0.4, 0.5) is 5.69 Å². The fourth-order valence-corrected chi connectivity index (χ4v) is 3.53. The van der Waals surface area contributed by atoms with Gasteiger partial charge in [-0.05, 0) is 65.4 Å². The van der Waals surface area contributed by atoms with Gasteiger partial charge in [-0.3, -0.25) is 4.98 Å². The van der Waals surface area contributed by atoms with Crippen molar-refractivity contribution in [3.8, 4) is 5.88 Å². The largest absolute Gasteiger partial charge is 0.494 e. The quantitative estimate of drug-likeness (QED) is 0.526. The van der Waals surface area contributed by atoms with Gasteiger partial charge in [0.2, 0.25) is 0 Å². The summed E-state index contributed by atoms with van der Waals surface area (Å²) < 4.78 is 0. The average Bonchev–Trinajstić information content (AvgIpc) is 3.28. The molecule has 2 N–H and O–H groups in total. The van der Waals surface area contributed by atoms with E-state index < -0.39 is 0 Å². The molecule has 0 unspecified atom stereocenters. The number of aromatic amines is 1. The molecule has 1 aliphatic heterocycles. The number of pyridine rings is 1. The summed E-state index contributed by atoms with van der Waals surface area (Å²) in [5, 5.41) is 22.3. The van der Waals surface area contributed by atoms with Crippen LogP contribution in [0.3, 0.4) is 0 Å². The zero-order chi connectivity index (χ0) is 19.8. The molecule has 0 spiro atoms. The first-order valence-electron chi connectivity index (χ1n) is 9.03. The second kappa shape index (κ2) is 7.04. The van der Waals surface area contributed by atoms with Crippen molar-refractivity contribution in [1.82, 2.24) is 9.97 Å². The van der Waals surface area contributed by atoms with E-state index >= 15 is 0 Å². The minimum atomic E-state index is 0.108. The number of hydrogen-bond donors (Lipinski definition) is 2. The van der Waals surface area contributed by atoms with E-state index in [1.807, 2.05) is 60.7 Å². The lowest BCUT2D eigenvalue weighted by Crippen LogP contribution is -2.08. The maximum absolute atomic E-state index is 10.3. The maximum Gasteiger partial charge on any atom is 0.196 e. The number of benzene rings is 2. The van der Waals surface area contributed by atoms with Crippen molar-refractivity contribution in [2.45, 2.75) is 0 Å². The Bertz CT molecular complexity index is 1420. The van der Waals surface area contributed by atoms with Crippen molar-refractivity contribution in [3.63, 3.8) is 0 Å². The van der Waals surface area contributed by atoms with E-state index in [9.17, 15) is 5.11 Å².